The molecule has 0 spiro atoms. The minimum Gasteiger partial charge on any atom is -0.434 e. The third kappa shape index (κ3) is 4.95. The van der Waals surface area contributed by atoms with Crippen LogP contribution in [-0.2, 0) is 4.52 Å². The number of hydrogen-bond donors (Lipinski definition) is 0. The van der Waals surface area contributed by atoms with Gasteiger partial charge in [-0.2, -0.15) is 0 Å². The second kappa shape index (κ2) is 7.01. The number of hydrogen-bond acceptors (Lipinski definition) is 2. The van der Waals surface area contributed by atoms with Crippen molar-refractivity contribution < 1.29 is 9.05 Å². The van der Waals surface area contributed by atoms with Gasteiger partial charge in [-0.1, -0.05) is 23.2 Å². The number of alkyl halides is 1. The molecule has 0 aliphatic rings. The molecule has 1 atom stereocenters. The Bertz CT molecular complexity index is 324. The van der Waals surface area contributed by atoms with E-state index in [9.17, 15) is 0 Å². The van der Waals surface area contributed by atoms with Crippen LogP contribution in [0.3, 0.4) is 0 Å². The molecule has 0 aliphatic heterocycles. The molecule has 0 saturated heterocycles. The van der Waals surface area contributed by atoms with Gasteiger partial charge in [0.2, 0.25) is 0 Å². The summed E-state index contributed by atoms with van der Waals surface area (Å²) in [6.07, 6.45) is 0. The Labute approximate surface area is 109 Å². The van der Waals surface area contributed by atoms with E-state index in [1.807, 2.05) is 0 Å². The van der Waals surface area contributed by atoms with Gasteiger partial charge in [-0.05, 0) is 29.4 Å². The van der Waals surface area contributed by atoms with Crippen molar-refractivity contribution in [2.75, 3.05) is 12.5 Å². The first kappa shape index (κ1) is 13.6. The SMILES string of the molecule is ClCCOP(Cl)Oc1ccc(Cl)cc1Cl. The van der Waals surface area contributed by atoms with Gasteiger partial charge in [0.15, 0.2) is 0 Å². The highest BCUT2D eigenvalue weighted by atomic mass is 35.7. The summed E-state index contributed by atoms with van der Waals surface area (Å²) in [7, 11) is -1.53. The van der Waals surface area contributed by atoms with Gasteiger partial charge >= 0.3 is 7.73 Å². The van der Waals surface area contributed by atoms with Crippen molar-refractivity contribution in [3.8, 4) is 5.75 Å². The molecule has 0 N–H and O–H groups in total. The molecule has 1 rings (SSSR count). The second-order valence-electron chi connectivity index (χ2n) is 2.40. The van der Waals surface area contributed by atoms with Gasteiger partial charge in [-0.25, -0.2) is 0 Å². The van der Waals surface area contributed by atoms with Crippen LogP contribution in [0.4, 0.5) is 0 Å². The number of rotatable bonds is 5. The van der Waals surface area contributed by atoms with Crippen LogP contribution < -0.4 is 4.52 Å². The molecule has 7 heteroatoms. The van der Waals surface area contributed by atoms with E-state index < -0.39 is 7.73 Å². The molecule has 2 nitrogen and oxygen atoms in total. The maximum absolute atomic E-state index is 5.87. The molecule has 84 valence electrons. The Balaban J connectivity index is 2.56. The van der Waals surface area contributed by atoms with E-state index in [1.54, 1.807) is 18.2 Å². The zero-order chi connectivity index (χ0) is 11.3. The van der Waals surface area contributed by atoms with E-state index in [0.717, 1.165) is 0 Å². The van der Waals surface area contributed by atoms with Crippen LogP contribution in [0.5, 0.6) is 5.75 Å². The van der Waals surface area contributed by atoms with Crippen LogP contribution in [0.2, 0.25) is 10.0 Å². The number of halogens is 4. The van der Waals surface area contributed by atoms with Crippen LogP contribution in [-0.4, -0.2) is 12.5 Å². The van der Waals surface area contributed by atoms with E-state index in [1.165, 1.54) is 0 Å². The fourth-order valence-corrected chi connectivity index (χ4v) is 2.48. The normalized spacial score (nSPS) is 12.5. The van der Waals surface area contributed by atoms with E-state index in [0.29, 0.717) is 28.3 Å². The van der Waals surface area contributed by atoms with Crippen LogP contribution in [0.25, 0.3) is 0 Å². The maximum atomic E-state index is 5.87. The molecular weight excluding hydrogens is 301 g/mol. The molecule has 15 heavy (non-hydrogen) atoms. The highest BCUT2D eigenvalue weighted by molar-refractivity contribution is 7.76. The Morgan fingerprint density at radius 3 is 2.60 bits per heavy atom. The quantitative estimate of drug-likeness (QED) is 0.557. The summed E-state index contributed by atoms with van der Waals surface area (Å²) in [6, 6.07) is 4.86. The monoisotopic (exact) mass is 306 g/mol. The predicted molar refractivity (Wildman–Crippen MR) is 66.5 cm³/mol. The van der Waals surface area contributed by atoms with Crippen LogP contribution in [0.1, 0.15) is 0 Å². The fourth-order valence-electron chi connectivity index (χ4n) is 0.759. The van der Waals surface area contributed by atoms with E-state index in [-0.39, 0.29) is 0 Å². The molecule has 1 aromatic carbocycles. The Hall–Kier alpha value is 0.570. The van der Waals surface area contributed by atoms with E-state index >= 15 is 0 Å². The summed E-state index contributed by atoms with van der Waals surface area (Å²) in [6.45, 7) is 0.335. The van der Waals surface area contributed by atoms with Crippen LogP contribution in [0, 0.1) is 0 Å². The lowest BCUT2D eigenvalue weighted by atomic mass is 10.3. The molecule has 1 unspecified atom stereocenters. The largest absolute Gasteiger partial charge is 0.434 e. The summed E-state index contributed by atoms with van der Waals surface area (Å²) in [5.74, 6) is 0.806. The lowest BCUT2D eigenvalue weighted by molar-refractivity contribution is 0.348. The second-order valence-corrected chi connectivity index (χ2v) is 5.32. The molecular formula is C8H7Cl4O2P. The lowest BCUT2D eigenvalue weighted by Crippen LogP contribution is -1.92. The van der Waals surface area contributed by atoms with Crippen molar-refractivity contribution in [3.63, 3.8) is 0 Å². The first-order valence-corrected chi connectivity index (χ1v) is 7.28. The minimum absolute atomic E-state index is 0.335. The topological polar surface area (TPSA) is 18.5 Å². The van der Waals surface area contributed by atoms with Gasteiger partial charge in [0, 0.05) is 10.9 Å². The summed E-state index contributed by atoms with van der Waals surface area (Å²) in [5.41, 5.74) is 0. The Kier molecular flexibility index (Phi) is 6.37. The highest BCUT2D eigenvalue weighted by Crippen LogP contribution is 2.46. The molecule has 0 amide bonds. The molecule has 0 aromatic heterocycles. The van der Waals surface area contributed by atoms with E-state index in [2.05, 4.69) is 0 Å². The van der Waals surface area contributed by atoms with Crippen molar-refractivity contribution in [1.29, 1.82) is 0 Å². The Morgan fingerprint density at radius 1 is 1.27 bits per heavy atom. The third-order valence-electron chi connectivity index (χ3n) is 1.33. The average Bonchev–Trinajstić information content (AvgIpc) is 2.19. The molecule has 0 heterocycles. The highest BCUT2D eigenvalue weighted by Gasteiger charge is 2.11. The zero-order valence-corrected chi connectivity index (χ0v) is 11.3. The Morgan fingerprint density at radius 2 is 2.00 bits per heavy atom. The third-order valence-corrected chi connectivity index (χ3v) is 3.24. The van der Waals surface area contributed by atoms with Crippen molar-refractivity contribution in [1.82, 2.24) is 0 Å². The van der Waals surface area contributed by atoms with Crippen molar-refractivity contribution >= 4 is 53.8 Å². The van der Waals surface area contributed by atoms with Gasteiger partial charge in [0.1, 0.15) is 5.75 Å². The van der Waals surface area contributed by atoms with Crippen molar-refractivity contribution in [3.05, 3.63) is 28.2 Å². The maximum Gasteiger partial charge on any atom is 0.338 e. The summed E-state index contributed by atoms with van der Waals surface area (Å²) >= 11 is 22.8. The minimum atomic E-state index is -1.53. The molecule has 0 bridgehead atoms. The van der Waals surface area contributed by atoms with Gasteiger partial charge < -0.3 is 9.05 Å². The van der Waals surface area contributed by atoms with Crippen LogP contribution in [0.15, 0.2) is 18.2 Å². The van der Waals surface area contributed by atoms with Gasteiger partial charge in [-0.15, -0.1) is 11.6 Å². The fraction of sp³-hybridized carbons (Fsp3) is 0.250. The molecule has 1 aromatic rings. The summed E-state index contributed by atoms with van der Waals surface area (Å²) < 4.78 is 10.3. The van der Waals surface area contributed by atoms with Gasteiger partial charge in [0.05, 0.1) is 11.6 Å². The lowest BCUT2D eigenvalue weighted by Gasteiger charge is -2.11. The molecule has 0 fully saturated rings. The van der Waals surface area contributed by atoms with Crippen molar-refractivity contribution in [2.24, 2.45) is 0 Å². The summed E-state index contributed by atoms with van der Waals surface area (Å²) in [4.78, 5) is 0. The standard InChI is InChI=1S/C8H7Cl4O2P/c9-3-4-13-15(12)14-8-2-1-6(10)5-7(8)11/h1-2,5H,3-4H2. The predicted octanol–water partition coefficient (Wildman–Crippen LogP) is 5.09. The first-order chi connectivity index (χ1) is 7.13. The number of benzene rings is 1. The molecule has 0 aliphatic carbocycles. The smallest absolute Gasteiger partial charge is 0.338 e. The van der Waals surface area contributed by atoms with Gasteiger partial charge in [-0.3, -0.25) is 0 Å². The first-order valence-electron chi connectivity index (χ1n) is 3.91. The summed E-state index contributed by atoms with van der Waals surface area (Å²) in [5, 5.41) is 0.929. The van der Waals surface area contributed by atoms with Crippen molar-refractivity contribution in [2.45, 2.75) is 0 Å². The van der Waals surface area contributed by atoms with Gasteiger partial charge in [0.25, 0.3) is 0 Å². The van der Waals surface area contributed by atoms with Crippen LogP contribution >= 0.6 is 53.8 Å². The molecule has 0 radical (unpaired) electrons. The zero-order valence-electron chi connectivity index (χ0n) is 7.42. The average molecular weight is 308 g/mol. The van der Waals surface area contributed by atoms with E-state index in [4.69, 9.17) is 55.1 Å². The molecule has 0 saturated carbocycles.